The molecule has 74 valence electrons. The van der Waals surface area contributed by atoms with Gasteiger partial charge in [-0.2, -0.15) is 0 Å². The first-order valence-electron chi connectivity index (χ1n) is 5.32. The Morgan fingerprint density at radius 1 is 1.46 bits per heavy atom. The van der Waals surface area contributed by atoms with Gasteiger partial charge in [0, 0.05) is 24.1 Å². The highest BCUT2D eigenvalue weighted by molar-refractivity contribution is 9.11. The summed E-state index contributed by atoms with van der Waals surface area (Å²) in [6, 6.07) is 0. The first-order chi connectivity index (χ1) is 6.25. The number of hydrogen-bond acceptors (Lipinski definition) is 1. The summed E-state index contributed by atoms with van der Waals surface area (Å²) in [5.74, 6) is 1.01. The van der Waals surface area contributed by atoms with Crippen molar-refractivity contribution in [2.75, 3.05) is 19.6 Å². The summed E-state index contributed by atoms with van der Waals surface area (Å²) in [6.07, 6.45) is 5.66. The van der Waals surface area contributed by atoms with Crippen molar-refractivity contribution < 1.29 is 0 Å². The molecule has 1 fully saturated rings. The van der Waals surface area contributed by atoms with Crippen molar-refractivity contribution in [3.05, 3.63) is 10.1 Å². The molecule has 0 atom stereocenters. The Hall–Kier alpha value is 0.180. The van der Waals surface area contributed by atoms with Gasteiger partial charge in [0.2, 0.25) is 0 Å². The van der Waals surface area contributed by atoms with E-state index in [1.54, 1.807) is 5.57 Å². The SMILES string of the molecule is CC1=C(Br)CN(CC2CCC2)CC1. The van der Waals surface area contributed by atoms with Gasteiger partial charge >= 0.3 is 0 Å². The highest BCUT2D eigenvalue weighted by Gasteiger charge is 2.22. The molecule has 0 radical (unpaired) electrons. The number of hydrogen-bond donors (Lipinski definition) is 0. The van der Waals surface area contributed by atoms with E-state index in [-0.39, 0.29) is 0 Å². The fourth-order valence-electron chi connectivity index (χ4n) is 2.07. The van der Waals surface area contributed by atoms with Gasteiger partial charge in [-0.05, 0) is 32.1 Å². The number of nitrogens with zero attached hydrogens (tertiary/aromatic N) is 1. The van der Waals surface area contributed by atoms with E-state index in [0.717, 1.165) is 12.5 Å². The zero-order chi connectivity index (χ0) is 9.26. The van der Waals surface area contributed by atoms with Gasteiger partial charge in [0.05, 0.1) is 0 Å². The molecule has 1 saturated carbocycles. The molecule has 1 aliphatic heterocycles. The Morgan fingerprint density at radius 3 is 2.77 bits per heavy atom. The summed E-state index contributed by atoms with van der Waals surface area (Å²) in [7, 11) is 0. The van der Waals surface area contributed by atoms with E-state index < -0.39 is 0 Å². The van der Waals surface area contributed by atoms with E-state index >= 15 is 0 Å². The Labute approximate surface area is 89.3 Å². The van der Waals surface area contributed by atoms with E-state index in [2.05, 4.69) is 27.8 Å². The van der Waals surface area contributed by atoms with E-state index in [1.807, 2.05) is 0 Å². The molecule has 0 bridgehead atoms. The molecule has 1 heterocycles. The minimum atomic E-state index is 1.01. The third-order valence-electron chi connectivity index (χ3n) is 3.37. The minimum Gasteiger partial charge on any atom is -0.298 e. The molecule has 0 spiro atoms. The molecule has 13 heavy (non-hydrogen) atoms. The molecular weight excluding hydrogens is 226 g/mol. The number of halogens is 1. The maximum atomic E-state index is 3.66. The predicted octanol–water partition coefficient (Wildman–Crippen LogP) is 3.16. The van der Waals surface area contributed by atoms with E-state index in [9.17, 15) is 0 Å². The van der Waals surface area contributed by atoms with E-state index in [0.29, 0.717) is 0 Å². The Morgan fingerprint density at radius 2 is 2.23 bits per heavy atom. The first-order valence-corrected chi connectivity index (χ1v) is 6.11. The highest BCUT2D eigenvalue weighted by atomic mass is 79.9. The Kier molecular flexibility index (Phi) is 3.10. The van der Waals surface area contributed by atoms with Crippen LogP contribution in [0.25, 0.3) is 0 Å². The van der Waals surface area contributed by atoms with E-state index in [4.69, 9.17) is 0 Å². The van der Waals surface area contributed by atoms with Crippen LogP contribution in [0, 0.1) is 5.92 Å². The van der Waals surface area contributed by atoms with E-state index in [1.165, 1.54) is 43.3 Å². The quantitative estimate of drug-likeness (QED) is 0.721. The van der Waals surface area contributed by atoms with Crippen LogP contribution in [0.5, 0.6) is 0 Å². The predicted molar refractivity (Wildman–Crippen MR) is 60.0 cm³/mol. The molecule has 2 rings (SSSR count). The van der Waals surface area contributed by atoms with Gasteiger partial charge in [-0.3, -0.25) is 4.90 Å². The molecule has 0 saturated heterocycles. The summed E-state index contributed by atoms with van der Waals surface area (Å²) in [5, 5.41) is 0. The van der Waals surface area contributed by atoms with Crippen LogP contribution < -0.4 is 0 Å². The van der Waals surface area contributed by atoms with Crippen molar-refractivity contribution in [2.24, 2.45) is 5.92 Å². The second-order valence-electron chi connectivity index (χ2n) is 4.47. The lowest BCUT2D eigenvalue weighted by Crippen LogP contribution is -2.36. The molecule has 0 unspecified atom stereocenters. The molecule has 1 aliphatic carbocycles. The third-order valence-corrected chi connectivity index (χ3v) is 4.30. The van der Waals surface area contributed by atoms with Crippen molar-refractivity contribution in [3.8, 4) is 0 Å². The van der Waals surface area contributed by atoms with Gasteiger partial charge in [0.15, 0.2) is 0 Å². The van der Waals surface area contributed by atoms with Crippen molar-refractivity contribution in [2.45, 2.75) is 32.6 Å². The molecular formula is C11H18BrN. The lowest BCUT2D eigenvalue weighted by molar-refractivity contribution is 0.186. The largest absolute Gasteiger partial charge is 0.298 e. The normalized spacial score (nSPS) is 26.3. The molecule has 0 amide bonds. The Bertz CT molecular complexity index is 218. The summed E-state index contributed by atoms with van der Waals surface area (Å²) >= 11 is 3.66. The maximum absolute atomic E-state index is 3.66. The second-order valence-corrected chi connectivity index (χ2v) is 5.42. The zero-order valence-corrected chi connectivity index (χ0v) is 9.94. The van der Waals surface area contributed by atoms with Crippen molar-refractivity contribution in [3.63, 3.8) is 0 Å². The standard InChI is InChI=1S/C11H18BrN/c1-9-5-6-13(8-11(9)12)7-10-3-2-4-10/h10H,2-8H2,1H3. The van der Waals surface area contributed by atoms with Crippen molar-refractivity contribution in [1.29, 1.82) is 0 Å². The maximum Gasteiger partial charge on any atom is 0.0299 e. The topological polar surface area (TPSA) is 3.24 Å². The van der Waals surface area contributed by atoms with Crippen LogP contribution in [0.4, 0.5) is 0 Å². The zero-order valence-electron chi connectivity index (χ0n) is 8.35. The van der Waals surface area contributed by atoms with Crippen LogP contribution in [-0.2, 0) is 0 Å². The van der Waals surface area contributed by atoms with Gasteiger partial charge in [-0.25, -0.2) is 0 Å². The van der Waals surface area contributed by atoms with Gasteiger partial charge in [0.25, 0.3) is 0 Å². The minimum absolute atomic E-state index is 1.01. The molecule has 2 aliphatic rings. The van der Waals surface area contributed by atoms with Crippen LogP contribution in [0.3, 0.4) is 0 Å². The molecule has 0 aromatic rings. The molecule has 2 heteroatoms. The van der Waals surface area contributed by atoms with Gasteiger partial charge < -0.3 is 0 Å². The third kappa shape index (κ3) is 2.35. The van der Waals surface area contributed by atoms with Gasteiger partial charge in [-0.1, -0.05) is 27.9 Å². The lowest BCUT2D eigenvalue weighted by atomic mass is 9.85. The molecule has 0 N–H and O–H groups in total. The van der Waals surface area contributed by atoms with Gasteiger partial charge in [-0.15, -0.1) is 0 Å². The first kappa shape index (κ1) is 9.72. The van der Waals surface area contributed by atoms with Crippen LogP contribution in [0.1, 0.15) is 32.6 Å². The van der Waals surface area contributed by atoms with Crippen molar-refractivity contribution >= 4 is 15.9 Å². The van der Waals surface area contributed by atoms with Crippen LogP contribution >= 0.6 is 15.9 Å². The van der Waals surface area contributed by atoms with Crippen LogP contribution in [0.2, 0.25) is 0 Å². The fraction of sp³-hybridized carbons (Fsp3) is 0.818. The average molecular weight is 244 g/mol. The van der Waals surface area contributed by atoms with Crippen LogP contribution in [-0.4, -0.2) is 24.5 Å². The molecule has 0 aromatic carbocycles. The molecule has 1 nitrogen and oxygen atoms in total. The van der Waals surface area contributed by atoms with Crippen molar-refractivity contribution in [1.82, 2.24) is 4.90 Å². The Balaban J connectivity index is 1.82. The highest BCUT2D eigenvalue weighted by Crippen LogP contribution is 2.29. The smallest absolute Gasteiger partial charge is 0.0299 e. The lowest BCUT2D eigenvalue weighted by Gasteiger charge is -2.34. The monoisotopic (exact) mass is 243 g/mol. The summed E-state index contributed by atoms with van der Waals surface area (Å²) < 4.78 is 1.43. The summed E-state index contributed by atoms with van der Waals surface area (Å²) in [6.45, 7) is 6.01. The average Bonchev–Trinajstić information content (AvgIpc) is 2.04. The fourth-order valence-corrected chi connectivity index (χ4v) is 2.62. The van der Waals surface area contributed by atoms with Crippen LogP contribution in [0.15, 0.2) is 10.1 Å². The number of rotatable bonds is 2. The second kappa shape index (κ2) is 4.14. The summed E-state index contributed by atoms with van der Waals surface area (Å²) in [4.78, 5) is 2.60. The summed E-state index contributed by atoms with van der Waals surface area (Å²) in [5.41, 5.74) is 1.55. The molecule has 0 aromatic heterocycles. The van der Waals surface area contributed by atoms with Gasteiger partial charge in [0.1, 0.15) is 0 Å².